The number of thioether (sulfide) groups is 1. The maximum Gasteiger partial charge on any atom is 0.334 e. The topological polar surface area (TPSA) is 80.6 Å². The maximum absolute atomic E-state index is 12.6. The van der Waals surface area contributed by atoms with Crippen LogP contribution >= 0.6 is 11.8 Å². The van der Waals surface area contributed by atoms with Crippen molar-refractivity contribution < 1.29 is 0 Å². The van der Waals surface area contributed by atoms with Crippen molar-refractivity contribution in [3.8, 4) is 5.69 Å². The molecule has 0 saturated heterocycles. The van der Waals surface area contributed by atoms with Gasteiger partial charge in [-0.25, -0.2) is 19.3 Å². The highest BCUT2D eigenvalue weighted by molar-refractivity contribution is 7.98. The van der Waals surface area contributed by atoms with Crippen LogP contribution in [0.15, 0.2) is 45.2 Å². The van der Waals surface area contributed by atoms with E-state index in [1.54, 1.807) is 12.1 Å². The highest BCUT2D eigenvalue weighted by Gasteiger charge is 2.12. The van der Waals surface area contributed by atoms with Crippen LogP contribution < -0.4 is 11.2 Å². The minimum atomic E-state index is -0.507. The maximum atomic E-state index is 12.6. The Morgan fingerprint density at radius 1 is 1.24 bits per heavy atom. The second kappa shape index (κ2) is 5.17. The van der Waals surface area contributed by atoms with Crippen LogP contribution in [0.3, 0.4) is 0 Å². The minimum Gasteiger partial charge on any atom is -0.291 e. The fourth-order valence-electron chi connectivity index (χ4n) is 2.12. The molecular weight excluding hydrogens is 288 g/mol. The van der Waals surface area contributed by atoms with Gasteiger partial charge in [-0.2, -0.15) is 0 Å². The lowest BCUT2D eigenvalue weighted by atomic mass is 10.2. The van der Waals surface area contributed by atoms with Crippen LogP contribution in [0.5, 0.6) is 0 Å². The van der Waals surface area contributed by atoms with E-state index in [0.29, 0.717) is 10.8 Å². The molecule has 106 valence electrons. The Balaban J connectivity index is 2.39. The van der Waals surface area contributed by atoms with Crippen LogP contribution in [-0.4, -0.2) is 25.8 Å². The molecule has 7 heteroatoms. The lowest BCUT2D eigenvalue weighted by Gasteiger charge is -2.08. The number of para-hydroxylation sites is 1. The Morgan fingerprint density at radius 2 is 2.00 bits per heavy atom. The van der Waals surface area contributed by atoms with Crippen LogP contribution in [-0.2, 0) is 0 Å². The molecule has 0 saturated carbocycles. The summed E-state index contributed by atoms with van der Waals surface area (Å²) in [5.41, 5.74) is 0.725. The standard InChI is InChI=1S/C14H12N4O2S/c1-8-5-3-4-6-10(8)18-12(19)9-7-15-13(21-2)16-11(9)17-14(18)20/h3-7H,1-2H3,(H,15,16,17,20). The van der Waals surface area contributed by atoms with Gasteiger partial charge in [-0.1, -0.05) is 30.0 Å². The van der Waals surface area contributed by atoms with Crippen molar-refractivity contribution in [1.82, 2.24) is 19.5 Å². The lowest BCUT2D eigenvalue weighted by molar-refractivity contribution is 0.872. The number of fused-ring (bicyclic) bond motifs is 1. The number of aromatic amines is 1. The summed E-state index contributed by atoms with van der Waals surface area (Å²) >= 11 is 1.35. The number of aromatic nitrogens is 4. The smallest absolute Gasteiger partial charge is 0.291 e. The molecule has 0 aliphatic rings. The second-order valence-electron chi connectivity index (χ2n) is 4.48. The highest BCUT2D eigenvalue weighted by atomic mass is 32.2. The van der Waals surface area contributed by atoms with E-state index >= 15 is 0 Å². The molecule has 0 spiro atoms. The fourth-order valence-corrected chi connectivity index (χ4v) is 2.46. The van der Waals surface area contributed by atoms with Crippen molar-refractivity contribution in [2.45, 2.75) is 12.1 Å². The first-order valence-corrected chi connectivity index (χ1v) is 7.46. The van der Waals surface area contributed by atoms with Gasteiger partial charge in [0.05, 0.1) is 5.69 Å². The summed E-state index contributed by atoms with van der Waals surface area (Å²) in [5.74, 6) is 0. The van der Waals surface area contributed by atoms with E-state index in [-0.39, 0.29) is 11.0 Å². The molecule has 2 aromatic heterocycles. The van der Waals surface area contributed by atoms with Crippen molar-refractivity contribution >= 4 is 22.8 Å². The molecule has 0 aliphatic heterocycles. The molecule has 2 heterocycles. The molecule has 0 atom stereocenters. The minimum absolute atomic E-state index is 0.259. The molecule has 1 aromatic carbocycles. The van der Waals surface area contributed by atoms with Crippen LogP contribution in [0.1, 0.15) is 5.56 Å². The monoisotopic (exact) mass is 300 g/mol. The average molecular weight is 300 g/mol. The van der Waals surface area contributed by atoms with Gasteiger partial charge in [0.15, 0.2) is 10.8 Å². The van der Waals surface area contributed by atoms with Gasteiger partial charge in [0.25, 0.3) is 5.56 Å². The van der Waals surface area contributed by atoms with Crippen LogP contribution in [0.2, 0.25) is 0 Å². The Bertz CT molecular complexity index is 946. The van der Waals surface area contributed by atoms with Crippen LogP contribution in [0.4, 0.5) is 0 Å². The average Bonchev–Trinajstić information content (AvgIpc) is 2.48. The molecule has 0 radical (unpaired) electrons. The molecule has 3 rings (SSSR count). The van der Waals surface area contributed by atoms with E-state index in [9.17, 15) is 9.59 Å². The zero-order valence-corrected chi connectivity index (χ0v) is 12.3. The molecule has 0 bridgehead atoms. The third kappa shape index (κ3) is 2.25. The van der Waals surface area contributed by atoms with E-state index in [2.05, 4.69) is 15.0 Å². The number of aryl methyl sites for hydroxylation is 1. The Labute approximate surface area is 123 Å². The van der Waals surface area contributed by atoms with E-state index in [0.717, 1.165) is 10.1 Å². The molecule has 6 nitrogen and oxygen atoms in total. The number of nitrogens with zero attached hydrogens (tertiary/aromatic N) is 3. The molecule has 0 fully saturated rings. The number of benzene rings is 1. The van der Waals surface area contributed by atoms with E-state index in [1.165, 1.54) is 18.0 Å². The summed E-state index contributed by atoms with van der Waals surface area (Å²) in [6, 6.07) is 7.21. The quantitative estimate of drug-likeness (QED) is 0.573. The van der Waals surface area contributed by atoms with Crippen LogP contribution in [0.25, 0.3) is 16.7 Å². The van der Waals surface area contributed by atoms with Gasteiger partial charge in [0.2, 0.25) is 0 Å². The van der Waals surface area contributed by atoms with Gasteiger partial charge < -0.3 is 0 Å². The summed E-state index contributed by atoms with van der Waals surface area (Å²) < 4.78 is 1.11. The lowest BCUT2D eigenvalue weighted by Crippen LogP contribution is -2.34. The van der Waals surface area contributed by atoms with Crippen molar-refractivity contribution in [1.29, 1.82) is 0 Å². The van der Waals surface area contributed by atoms with Gasteiger partial charge >= 0.3 is 5.69 Å². The first-order valence-electron chi connectivity index (χ1n) is 6.24. The van der Waals surface area contributed by atoms with E-state index in [4.69, 9.17) is 0 Å². The second-order valence-corrected chi connectivity index (χ2v) is 5.25. The van der Waals surface area contributed by atoms with Gasteiger partial charge in [-0.15, -0.1) is 0 Å². The third-order valence-corrected chi connectivity index (χ3v) is 3.73. The number of hydrogen-bond acceptors (Lipinski definition) is 5. The summed E-state index contributed by atoms with van der Waals surface area (Å²) in [5, 5.41) is 0.793. The first-order chi connectivity index (χ1) is 10.1. The van der Waals surface area contributed by atoms with Crippen molar-refractivity contribution in [3.63, 3.8) is 0 Å². The molecule has 1 N–H and O–H groups in total. The molecule has 21 heavy (non-hydrogen) atoms. The molecule has 0 aliphatic carbocycles. The van der Waals surface area contributed by atoms with Crippen LogP contribution in [0, 0.1) is 6.92 Å². The number of hydrogen-bond donors (Lipinski definition) is 1. The SMILES string of the molecule is CSc1ncc2c(=O)n(-c3ccccc3C)c(=O)[nH]c2n1. The molecule has 0 amide bonds. The summed E-state index contributed by atoms with van der Waals surface area (Å²) in [4.78, 5) is 35.7. The van der Waals surface area contributed by atoms with Gasteiger partial charge in [0.1, 0.15) is 5.39 Å². The van der Waals surface area contributed by atoms with Crippen molar-refractivity contribution in [3.05, 3.63) is 56.9 Å². The predicted octanol–water partition coefficient (Wildman–Crippen LogP) is 1.50. The van der Waals surface area contributed by atoms with Gasteiger partial charge in [-0.3, -0.25) is 9.78 Å². The highest BCUT2D eigenvalue weighted by Crippen LogP contribution is 2.12. The fraction of sp³-hybridized carbons (Fsp3) is 0.143. The van der Waals surface area contributed by atoms with Gasteiger partial charge in [0, 0.05) is 6.20 Å². The number of rotatable bonds is 2. The zero-order chi connectivity index (χ0) is 15.0. The number of nitrogens with one attached hydrogen (secondary N) is 1. The molecular formula is C14H12N4O2S. The number of H-pyrrole nitrogens is 1. The van der Waals surface area contributed by atoms with Crippen molar-refractivity contribution in [2.75, 3.05) is 6.26 Å². The van der Waals surface area contributed by atoms with Gasteiger partial charge in [-0.05, 0) is 24.8 Å². The molecule has 3 aromatic rings. The van der Waals surface area contributed by atoms with Crippen molar-refractivity contribution in [2.24, 2.45) is 0 Å². The predicted molar refractivity (Wildman–Crippen MR) is 82.3 cm³/mol. The Kier molecular flexibility index (Phi) is 3.34. The largest absolute Gasteiger partial charge is 0.334 e. The van der Waals surface area contributed by atoms with E-state index in [1.807, 2.05) is 25.3 Å². The van der Waals surface area contributed by atoms with E-state index < -0.39 is 11.2 Å². The zero-order valence-electron chi connectivity index (χ0n) is 11.5. The Hall–Kier alpha value is -2.41. The third-order valence-electron chi connectivity index (χ3n) is 3.17. The Morgan fingerprint density at radius 3 is 2.71 bits per heavy atom. The summed E-state index contributed by atoms with van der Waals surface area (Å²) in [6.45, 7) is 1.85. The first kappa shape index (κ1) is 13.6. The molecule has 0 unspecified atom stereocenters. The summed E-state index contributed by atoms with van der Waals surface area (Å²) in [7, 11) is 0. The normalized spacial score (nSPS) is 11.0. The summed E-state index contributed by atoms with van der Waals surface area (Å²) in [6.07, 6.45) is 3.27.